The number of hydrogen-bond donors (Lipinski definition) is 1. The van der Waals surface area contributed by atoms with E-state index in [2.05, 4.69) is 21.2 Å². The predicted molar refractivity (Wildman–Crippen MR) is 92.2 cm³/mol. The van der Waals surface area contributed by atoms with Crippen LogP contribution in [0.5, 0.6) is 0 Å². The van der Waals surface area contributed by atoms with E-state index in [1.165, 1.54) is 39.2 Å². The van der Waals surface area contributed by atoms with E-state index < -0.39 is 6.04 Å². The lowest BCUT2D eigenvalue weighted by molar-refractivity contribution is -0.147. The average Bonchev–Trinajstić information content (AvgIpc) is 2.40. The summed E-state index contributed by atoms with van der Waals surface area (Å²) in [7, 11) is 1.37. The summed E-state index contributed by atoms with van der Waals surface area (Å²) in [6.45, 7) is 3.86. The van der Waals surface area contributed by atoms with Gasteiger partial charge in [-0.25, -0.2) is 4.79 Å². The highest BCUT2D eigenvalue weighted by atomic mass is 79.9. The fourth-order valence-electron chi connectivity index (χ4n) is 5.73. The van der Waals surface area contributed by atoms with Gasteiger partial charge in [0.25, 0.3) is 0 Å². The Morgan fingerprint density at radius 1 is 1.22 bits per heavy atom. The second kappa shape index (κ2) is 6.05. The van der Waals surface area contributed by atoms with Crippen molar-refractivity contribution in [3.8, 4) is 0 Å². The van der Waals surface area contributed by atoms with Crippen LogP contribution in [0, 0.1) is 23.2 Å². The molecule has 0 aliphatic heterocycles. The summed E-state index contributed by atoms with van der Waals surface area (Å²) in [6, 6.07) is -0.542. The number of esters is 1. The number of hydrogen-bond acceptors (Lipinski definition) is 3. The van der Waals surface area contributed by atoms with Gasteiger partial charge in [-0.15, -0.1) is 0 Å². The standard InChI is InChI=1S/C18H28BrNO3/c1-11(2)15(16(22)23-3)20-14(21)9-17-5-12-4-13(6-17)8-18(19,7-12)10-17/h11-13,15H,4-10H2,1-3H3,(H,20,21)/t12-,13-,15-,17?,18?/m0/s1. The van der Waals surface area contributed by atoms with Crippen molar-refractivity contribution in [1.29, 1.82) is 0 Å². The number of methoxy groups -OCH3 is 1. The molecular weight excluding hydrogens is 358 g/mol. The molecule has 4 aliphatic carbocycles. The van der Waals surface area contributed by atoms with E-state index in [-0.39, 0.29) is 27.5 Å². The zero-order valence-corrected chi connectivity index (χ0v) is 15.9. The molecular formula is C18H28BrNO3. The van der Waals surface area contributed by atoms with Crippen molar-refractivity contribution in [2.45, 2.75) is 69.2 Å². The normalized spacial score (nSPS) is 39.3. The molecule has 4 aliphatic rings. The highest BCUT2D eigenvalue weighted by Crippen LogP contribution is 2.65. The SMILES string of the molecule is COC(=O)[C@@H](NC(=O)CC12C[C@@H]3C[C@H](CC(Br)(C3)C1)C2)C(C)C. The first-order chi connectivity index (χ1) is 10.7. The maximum absolute atomic E-state index is 12.6. The maximum Gasteiger partial charge on any atom is 0.328 e. The van der Waals surface area contributed by atoms with Gasteiger partial charge in [-0.3, -0.25) is 4.79 Å². The Labute approximate surface area is 147 Å². The lowest BCUT2D eigenvalue weighted by Crippen LogP contribution is -2.55. The van der Waals surface area contributed by atoms with Crippen molar-refractivity contribution in [2.24, 2.45) is 23.2 Å². The minimum absolute atomic E-state index is 0.00662. The molecule has 0 unspecified atom stereocenters. The smallest absolute Gasteiger partial charge is 0.328 e. The Hall–Kier alpha value is -0.580. The molecule has 3 atom stereocenters. The highest BCUT2D eigenvalue weighted by Gasteiger charge is 2.57. The highest BCUT2D eigenvalue weighted by molar-refractivity contribution is 9.10. The summed E-state index contributed by atoms with van der Waals surface area (Å²) in [5.41, 5.74) is 0.134. The van der Waals surface area contributed by atoms with Gasteiger partial charge in [-0.05, 0) is 61.7 Å². The molecule has 0 heterocycles. The van der Waals surface area contributed by atoms with Crippen LogP contribution < -0.4 is 5.32 Å². The predicted octanol–water partition coefficient (Wildman–Crippen LogP) is 3.42. The Bertz CT molecular complexity index is 490. The van der Waals surface area contributed by atoms with Crippen molar-refractivity contribution in [3.05, 3.63) is 0 Å². The van der Waals surface area contributed by atoms with Gasteiger partial charge in [0.15, 0.2) is 0 Å². The molecule has 0 aromatic rings. The zero-order chi connectivity index (χ0) is 16.8. The van der Waals surface area contributed by atoms with Crippen LogP contribution in [0.25, 0.3) is 0 Å². The first-order valence-corrected chi connectivity index (χ1v) is 9.60. The van der Waals surface area contributed by atoms with Crippen molar-refractivity contribution in [3.63, 3.8) is 0 Å². The lowest BCUT2D eigenvalue weighted by atomic mass is 9.48. The molecule has 1 N–H and O–H groups in total. The number of carbonyl (C=O) groups is 2. The zero-order valence-electron chi connectivity index (χ0n) is 14.4. The van der Waals surface area contributed by atoms with Crippen molar-refractivity contribution >= 4 is 27.8 Å². The summed E-state index contributed by atoms with van der Waals surface area (Å²) < 4.78 is 5.08. The largest absolute Gasteiger partial charge is 0.467 e. The number of carbonyl (C=O) groups excluding carboxylic acids is 2. The molecule has 4 rings (SSSR count). The molecule has 4 bridgehead atoms. The van der Waals surface area contributed by atoms with Crippen molar-refractivity contribution < 1.29 is 14.3 Å². The molecule has 4 saturated carbocycles. The van der Waals surface area contributed by atoms with E-state index in [9.17, 15) is 9.59 Å². The Morgan fingerprint density at radius 3 is 2.30 bits per heavy atom. The second-order valence-electron chi connectivity index (χ2n) is 8.60. The van der Waals surface area contributed by atoms with Gasteiger partial charge in [-0.1, -0.05) is 29.8 Å². The first kappa shape index (κ1) is 17.2. The van der Waals surface area contributed by atoms with Crippen LogP contribution in [0.1, 0.15) is 58.8 Å². The third-order valence-corrected chi connectivity index (χ3v) is 7.01. The van der Waals surface area contributed by atoms with Crippen molar-refractivity contribution in [2.75, 3.05) is 7.11 Å². The summed E-state index contributed by atoms with van der Waals surface area (Å²) in [5, 5.41) is 2.93. The number of alkyl halides is 1. The summed E-state index contributed by atoms with van der Waals surface area (Å²) in [4.78, 5) is 24.5. The third kappa shape index (κ3) is 3.45. The van der Waals surface area contributed by atoms with Gasteiger partial charge in [0.2, 0.25) is 5.91 Å². The molecule has 0 aromatic heterocycles. The summed E-state index contributed by atoms with van der Waals surface area (Å²) in [6.07, 6.45) is 7.88. The quantitative estimate of drug-likeness (QED) is 0.582. The molecule has 4 fully saturated rings. The van der Waals surface area contributed by atoms with E-state index in [0.29, 0.717) is 6.42 Å². The monoisotopic (exact) mass is 385 g/mol. The lowest BCUT2D eigenvalue weighted by Gasteiger charge is -2.60. The van der Waals surface area contributed by atoms with Gasteiger partial charge in [-0.2, -0.15) is 0 Å². The first-order valence-electron chi connectivity index (χ1n) is 8.80. The number of amides is 1. The molecule has 5 heteroatoms. The average molecular weight is 386 g/mol. The maximum atomic E-state index is 12.6. The van der Waals surface area contributed by atoms with E-state index in [4.69, 9.17) is 4.74 Å². The van der Waals surface area contributed by atoms with E-state index in [1.54, 1.807) is 0 Å². The minimum Gasteiger partial charge on any atom is -0.467 e. The van der Waals surface area contributed by atoms with Crippen LogP contribution in [0.2, 0.25) is 0 Å². The molecule has 130 valence electrons. The summed E-state index contributed by atoms with van der Waals surface area (Å²) >= 11 is 3.99. The van der Waals surface area contributed by atoms with E-state index >= 15 is 0 Å². The molecule has 23 heavy (non-hydrogen) atoms. The topological polar surface area (TPSA) is 55.4 Å². The van der Waals surface area contributed by atoms with Gasteiger partial charge in [0.1, 0.15) is 6.04 Å². The Morgan fingerprint density at radius 2 is 1.83 bits per heavy atom. The van der Waals surface area contributed by atoms with Crippen LogP contribution in [0.3, 0.4) is 0 Å². The fourth-order valence-corrected chi connectivity index (χ4v) is 7.24. The van der Waals surface area contributed by atoms with E-state index in [1.807, 2.05) is 13.8 Å². The molecule has 1 amide bonds. The molecule has 0 radical (unpaired) electrons. The molecule has 0 aromatic carbocycles. The van der Waals surface area contributed by atoms with Gasteiger partial charge < -0.3 is 10.1 Å². The fraction of sp³-hybridized carbons (Fsp3) is 0.889. The van der Waals surface area contributed by atoms with Crippen LogP contribution in [0.4, 0.5) is 0 Å². The van der Waals surface area contributed by atoms with Crippen LogP contribution >= 0.6 is 15.9 Å². The van der Waals surface area contributed by atoms with Crippen LogP contribution in [0.15, 0.2) is 0 Å². The van der Waals surface area contributed by atoms with Crippen LogP contribution in [-0.2, 0) is 14.3 Å². The summed E-state index contributed by atoms with van der Waals surface area (Å²) in [5.74, 6) is 1.23. The number of nitrogens with one attached hydrogen (secondary N) is 1. The number of ether oxygens (including phenoxy) is 1. The van der Waals surface area contributed by atoms with Gasteiger partial charge in [0, 0.05) is 10.7 Å². The second-order valence-corrected chi connectivity index (χ2v) is 10.3. The number of rotatable bonds is 5. The van der Waals surface area contributed by atoms with E-state index in [0.717, 1.165) is 18.3 Å². The minimum atomic E-state index is -0.542. The van der Waals surface area contributed by atoms with Crippen molar-refractivity contribution in [1.82, 2.24) is 5.32 Å². The molecule has 0 spiro atoms. The Kier molecular flexibility index (Phi) is 4.54. The molecule has 4 nitrogen and oxygen atoms in total. The number of halogens is 1. The molecule has 0 saturated heterocycles. The van der Waals surface area contributed by atoms with Gasteiger partial charge in [0.05, 0.1) is 7.11 Å². The Balaban J connectivity index is 1.67. The van der Waals surface area contributed by atoms with Crippen LogP contribution in [-0.4, -0.2) is 29.4 Å². The third-order valence-electron chi connectivity index (χ3n) is 6.08. The van der Waals surface area contributed by atoms with Gasteiger partial charge >= 0.3 is 5.97 Å².